The van der Waals surface area contributed by atoms with Gasteiger partial charge >= 0.3 is 18.0 Å². The number of amides is 2. The van der Waals surface area contributed by atoms with Crippen LogP contribution in [-0.4, -0.2) is 18.0 Å². The van der Waals surface area contributed by atoms with Crippen LogP contribution in [0.25, 0.3) is 0 Å². The van der Waals surface area contributed by atoms with Crippen molar-refractivity contribution in [1.82, 2.24) is 0 Å². The maximum absolute atomic E-state index is 11.4. The summed E-state index contributed by atoms with van der Waals surface area (Å²) in [5, 5.41) is 6.01. The third kappa shape index (κ3) is 5.80. The molecule has 0 atom stereocenters. The highest BCUT2D eigenvalue weighted by molar-refractivity contribution is 6.32. The van der Waals surface area contributed by atoms with E-state index in [-0.39, 0.29) is 13.2 Å². The third-order valence-corrected chi connectivity index (χ3v) is 2.81. The van der Waals surface area contributed by atoms with E-state index in [1.54, 1.807) is 48.5 Å². The number of hydrogen-bond donors (Lipinski definition) is 0. The molecule has 0 aliphatic rings. The van der Waals surface area contributed by atoms with Crippen LogP contribution in [0.1, 0.15) is 11.1 Å². The summed E-state index contributed by atoms with van der Waals surface area (Å²) in [6.07, 6.45) is -1.07. The first-order valence-corrected chi connectivity index (χ1v) is 7.02. The number of esters is 1. The lowest BCUT2D eigenvalue weighted by atomic mass is 10.2. The topological polar surface area (TPSA) is 94.4 Å². The predicted octanol–water partition coefficient (Wildman–Crippen LogP) is 3.05. The largest absolute Gasteiger partial charge is 0.454 e. The highest BCUT2D eigenvalue weighted by Crippen LogP contribution is 2.03. The Balaban J connectivity index is 1.74. The molecule has 2 aromatic carbocycles. The van der Waals surface area contributed by atoms with Crippen LogP contribution in [0.3, 0.4) is 0 Å². The Morgan fingerprint density at radius 3 is 1.75 bits per heavy atom. The minimum Gasteiger partial charge on any atom is -0.454 e. The predicted molar refractivity (Wildman–Crippen MR) is 82.7 cm³/mol. The summed E-state index contributed by atoms with van der Waals surface area (Å²) >= 11 is 0. The normalized spacial score (nSPS) is 10.3. The van der Waals surface area contributed by atoms with E-state index >= 15 is 0 Å². The van der Waals surface area contributed by atoms with Crippen LogP contribution in [-0.2, 0) is 32.3 Å². The molecule has 7 nitrogen and oxygen atoms in total. The molecule has 0 aliphatic carbocycles. The number of hydrogen-bond acceptors (Lipinski definition) is 5. The molecule has 2 rings (SSSR count). The minimum atomic E-state index is -1.28. The molecule has 24 heavy (non-hydrogen) atoms. The summed E-state index contributed by atoms with van der Waals surface area (Å²) in [4.78, 5) is 34.2. The average Bonchev–Trinajstić information content (AvgIpc) is 2.64. The van der Waals surface area contributed by atoms with E-state index in [0.29, 0.717) is 0 Å². The molecule has 2 amide bonds. The molecule has 0 unspecified atom stereocenters. The average molecular weight is 326 g/mol. The summed E-state index contributed by atoms with van der Waals surface area (Å²) in [6, 6.07) is 17.7. The molecule has 0 N–H and O–H groups in total. The molecule has 0 fully saturated rings. The number of carbonyl (C=O) groups is 3. The Bertz CT molecular complexity index is 729. The molecule has 122 valence electrons. The second-order valence-electron chi connectivity index (χ2n) is 4.61. The van der Waals surface area contributed by atoms with Crippen molar-refractivity contribution in [3.63, 3.8) is 0 Å². The van der Waals surface area contributed by atoms with Crippen molar-refractivity contribution in [3.8, 4) is 0 Å². The fourth-order valence-corrected chi connectivity index (χ4v) is 1.66. The van der Waals surface area contributed by atoms with Crippen molar-refractivity contribution in [2.75, 3.05) is 0 Å². The SMILES string of the molecule is O=C(/N=N/C(=O)C(=O)OCc1ccccc1)OCc1ccccc1. The second-order valence-corrected chi connectivity index (χ2v) is 4.61. The second kappa shape index (κ2) is 8.94. The molecule has 0 bridgehead atoms. The zero-order chi connectivity index (χ0) is 17.2. The molecule has 0 aromatic heterocycles. The summed E-state index contributed by atoms with van der Waals surface area (Å²) < 4.78 is 9.54. The molecule has 0 radical (unpaired) electrons. The molecule has 7 heteroatoms. The van der Waals surface area contributed by atoms with Gasteiger partial charge in [-0.25, -0.2) is 9.59 Å². The summed E-state index contributed by atoms with van der Waals surface area (Å²) in [6.45, 7) is -0.0786. The van der Waals surface area contributed by atoms with E-state index in [1.165, 1.54) is 0 Å². The first-order chi connectivity index (χ1) is 11.6. The van der Waals surface area contributed by atoms with E-state index in [9.17, 15) is 14.4 Å². The quantitative estimate of drug-likeness (QED) is 0.489. The summed E-state index contributed by atoms with van der Waals surface area (Å²) in [7, 11) is 0. The Morgan fingerprint density at radius 2 is 1.21 bits per heavy atom. The first-order valence-electron chi connectivity index (χ1n) is 7.02. The number of rotatable bonds is 4. The van der Waals surface area contributed by atoms with Crippen LogP contribution < -0.4 is 0 Å². The fraction of sp³-hybridized carbons (Fsp3) is 0.118. The van der Waals surface area contributed by atoms with Gasteiger partial charge in [0.1, 0.15) is 13.2 Å². The van der Waals surface area contributed by atoms with Gasteiger partial charge in [-0.1, -0.05) is 70.9 Å². The van der Waals surface area contributed by atoms with Crippen molar-refractivity contribution < 1.29 is 23.9 Å². The fourth-order valence-electron chi connectivity index (χ4n) is 1.66. The maximum Gasteiger partial charge on any atom is 0.452 e. The van der Waals surface area contributed by atoms with Gasteiger partial charge in [-0.15, -0.1) is 0 Å². The Labute approximate surface area is 137 Å². The minimum absolute atomic E-state index is 0.00859. The van der Waals surface area contributed by atoms with Gasteiger partial charge in [-0.2, -0.15) is 0 Å². The van der Waals surface area contributed by atoms with Gasteiger partial charge in [-0.3, -0.25) is 4.79 Å². The molecule has 0 spiro atoms. The molecular weight excluding hydrogens is 312 g/mol. The van der Waals surface area contributed by atoms with Crippen LogP contribution in [0.15, 0.2) is 70.9 Å². The van der Waals surface area contributed by atoms with Gasteiger partial charge in [0.25, 0.3) is 0 Å². The number of ether oxygens (including phenoxy) is 2. The third-order valence-electron chi connectivity index (χ3n) is 2.81. The summed E-state index contributed by atoms with van der Waals surface area (Å²) in [5.41, 5.74) is 1.48. The van der Waals surface area contributed by atoms with Crippen molar-refractivity contribution in [3.05, 3.63) is 71.8 Å². The monoisotopic (exact) mass is 326 g/mol. The van der Waals surface area contributed by atoms with E-state index in [0.717, 1.165) is 11.1 Å². The maximum atomic E-state index is 11.4. The van der Waals surface area contributed by atoms with Gasteiger partial charge in [0.15, 0.2) is 0 Å². The Kier molecular flexibility index (Phi) is 6.34. The number of benzene rings is 2. The highest BCUT2D eigenvalue weighted by atomic mass is 16.6. The number of azo groups is 1. The van der Waals surface area contributed by atoms with Gasteiger partial charge < -0.3 is 9.47 Å². The lowest BCUT2D eigenvalue weighted by Gasteiger charge is -2.01. The van der Waals surface area contributed by atoms with Crippen LogP contribution in [0.4, 0.5) is 4.79 Å². The van der Waals surface area contributed by atoms with Gasteiger partial charge in [0, 0.05) is 0 Å². The molecular formula is C17H14N2O5. The van der Waals surface area contributed by atoms with Crippen LogP contribution in [0.5, 0.6) is 0 Å². The van der Waals surface area contributed by atoms with Crippen LogP contribution in [0.2, 0.25) is 0 Å². The van der Waals surface area contributed by atoms with Gasteiger partial charge in [-0.05, 0) is 11.1 Å². The lowest BCUT2D eigenvalue weighted by molar-refractivity contribution is -0.154. The van der Waals surface area contributed by atoms with Crippen molar-refractivity contribution in [2.24, 2.45) is 10.2 Å². The molecule has 0 saturated heterocycles. The Morgan fingerprint density at radius 1 is 0.708 bits per heavy atom. The highest BCUT2D eigenvalue weighted by Gasteiger charge is 2.15. The number of carbonyl (C=O) groups excluding carboxylic acids is 3. The van der Waals surface area contributed by atoms with E-state index in [4.69, 9.17) is 9.47 Å². The van der Waals surface area contributed by atoms with Crippen LogP contribution >= 0.6 is 0 Å². The number of nitrogens with zero attached hydrogens (tertiary/aromatic N) is 2. The van der Waals surface area contributed by atoms with Crippen molar-refractivity contribution in [1.29, 1.82) is 0 Å². The molecule has 0 heterocycles. The van der Waals surface area contributed by atoms with Crippen molar-refractivity contribution in [2.45, 2.75) is 13.2 Å². The zero-order valence-corrected chi connectivity index (χ0v) is 12.6. The Hall–Kier alpha value is -3.35. The first kappa shape index (κ1) is 17.0. The smallest absolute Gasteiger partial charge is 0.452 e. The van der Waals surface area contributed by atoms with E-state index in [1.807, 2.05) is 12.1 Å². The van der Waals surface area contributed by atoms with Gasteiger partial charge in [0.2, 0.25) is 0 Å². The van der Waals surface area contributed by atoms with Crippen molar-refractivity contribution >= 4 is 18.0 Å². The van der Waals surface area contributed by atoms with Gasteiger partial charge in [0.05, 0.1) is 0 Å². The molecule has 0 aliphatic heterocycles. The standard InChI is InChI=1S/C17H14N2O5/c20-15(16(21)23-11-13-7-3-1-4-8-13)18-19-17(22)24-12-14-9-5-2-6-10-14/h1-10H,11-12H2/b19-18+. The van der Waals surface area contributed by atoms with Crippen LogP contribution in [0, 0.1) is 0 Å². The van der Waals surface area contributed by atoms with E-state index in [2.05, 4.69) is 10.2 Å². The summed E-state index contributed by atoms with van der Waals surface area (Å²) in [5.74, 6) is -2.47. The molecule has 0 saturated carbocycles. The van der Waals surface area contributed by atoms with E-state index < -0.39 is 18.0 Å². The lowest BCUT2D eigenvalue weighted by Crippen LogP contribution is -2.15. The molecule has 2 aromatic rings. The zero-order valence-electron chi connectivity index (χ0n) is 12.6.